The second-order valence-electron chi connectivity index (χ2n) is 7.05. The Hall–Kier alpha value is -2.60. The number of rotatable bonds is 3. The number of carbonyl (C=O) groups is 1. The van der Waals surface area contributed by atoms with Gasteiger partial charge in [-0.3, -0.25) is 4.79 Å². The van der Waals surface area contributed by atoms with E-state index in [0.717, 1.165) is 24.2 Å². The highest BCUT2D eigenvalue weighted by Crippen LogP contribution is 2.30. The van der Waals surface area contributed by atoms with Crippen molar-refractivity contribution >= 4 is 40.3 Å². The zero-order chi connectivity index (χ0) is 19.5. The number of halogens is 1. The highest BCUT2D eigenvalue weighted by molar-refractivity contribution is 8.18. The number of amidine groups is 1. The van der Waals surface area contributed by atoms with Gasteiger partial charge in [0.15, 0.2) is 5.17 Å². The van der Waals surface area contributed by atoms with E-state index in [1.54, 1.807) is 12.1 Å². The van der Waals surface area contributed by atoms with Gasteiger partial charge in [-0.1, -0.05) is 6.07 Å². The fourth-order valence-corrected chi connectivity index (χ4v) is 4.26. The second-order valence-corrected chi connectivity index (χ2v) is 8.08. The van der Waals surface area contributed by atoms with Crippen molar-refractivity contribution in [3.63, 3.8) is 0 Å². The number of hydrogen-bond donors (Lipinski definition) is 1. The lowest BCUT2D eigenvalue weighted by molar-refractivity contribution is -0.115. The minimum atomic E-state index is -0.309. The number of aryl methyl sites for hydroxylation is 1. The molecule has 1 N–H and O–H groups in total. The monoisotopic (exact) mass is 395 g/mol. The largest absolute Gasteiger partial charge is 0.372 e. The molecular formula is C22H22FN3OS. The minimum absolute atomic E-state index is 0.162. The van der Waals surface area contributed by atoms with Gasteiger partial charge in [0.2, 0.25) is 0 Å². The predicted octanol–water partition coefficient (Wildman–Crippen LogP) is 5.02. The maximum absolute atomic E-state index is 13.0. The van der Waals surface area contributed by atoms with E-state index < -0.39 is 0 Å². The van der Waals surface area contributed by atoms with Gasteiger partial charge in [-0.05, 0) is 91.5 Å². The van der Waals surface area contributed by atoms with Crippen LogP contribution < -0.4 is 10.2 Å². The molecule has 0 spiro atoms. The van der Waals surface area contributed by atoms with Crippen LogP contribution in [0.25, 0.3) is 6.08 Å². The van der Waals surface area contributed by atoms with E-state index in [4.69, 9.17) is 0 Å². The molecule has 0 aromatic heterocycles. The Morgan fingerprint density at radius 1 is 1.11 bits per heavy atom. The van der Waals surface area contributed by atoms with E-state index >= 15 is 0 Å². The molecule has 2 aliphatic heterocycles. The Kier molecular flexibility index (Phi) is 5.48. The summed E-state index contributed by atoms with van der Waals surface area (Å²) in [5, 5.41) is 3.28. The Bertz CT molecular complexity index is 947. The minimum Gasteiger partial charge on any atom is -0.372 e. The van der Waals surface area contributed by atoms with Crippen LogP contribution in [0.15, 0.2) is 52.4 Å². The molecule has 144 valence electrons. The zero-order valence-corrected chi connectivity index (χ0v) is 16.6. The molecule has 4 nitrogen and oxygen atoms in total. The van der Waals surface area contributed by atoms with Crippen LogP contribution >= 0.6 is 11.8 Å². The lowest BCUT2D eigenvalue weighted by atomic mass is 10.0. The molecule has 6 heteroatoms. The summed E-state index contributed by atoms with van der Waals surface area (Å²) >= 11 is 1.30. The molecule has 0 atom stereocenters. The first kappa shape index (κ1) is 18.7. The summed E-state index contributed by atoms with van der Waals surface area (Å²) in [5.41, 5.74) is 4.03. The highest BCUT2D eigenvalue weighted by atomic mass is 32.2. The van der Waals surface area contributed by atoms with Crippen LogP contribution in [-0.2, 0) is 4.79 Å². The Morgan fingerprint density at radius 2 is 1.86 bits per heavy atom. The van der Waals surface area contributed by atoms with Gasteiger partial charge in [0.1, 0.15) is 5.82 Å². The Morgan fingerprint density at radius 3 is 2.57 bits per heavy atom. The SMILES string of the molecule is Cc1cc(N2CCCCC2)ccc1/C=C1/SC(=Nc2ccc(F)cc2)NC1=O. The number of carbonyl (C=O) groups excluding carboxylic acids is 1. The number of nitrogens with one attached hydrogen (secondary N) is 1. The lowest BCUT2D eigenvalue weighted by Gasteiger charge is -2.29. The van der Waals surface area contributed by atoms with E-state index in [9.17, 15) is 9.18 Å². The van der Waals surface area contributed by atoms with E-state index in [1.807, 2.05) is 6.08 Å². The zero-order valence-electron chi connectivity index (χ0n) is 15.7. The number of thioether (sulfide) groups is 1. The van der Waals surface area contributed by atoms with Crippen LogP contribution in [0, 0.1) is 12.7 Å². The highest BCUT2D eigenvalue weighted by Gasteiger charge is 2.24. The third kappa shape index (κ3) is 4.28. The van der Waals surface area contributed by atoms with Gasteiger partial charge in [-0.25, -0.2) is 9.38 Å². The van der Waals surface area contributed by atoms with Gasteiger partial charge in [0.05, 0.1) is 10.6 Å². The quantitative estimate of drug-likeness (QED) is 0.743. The van der Waals surface area contributed by atoms with E-state index in [-0.39, 0.29) is 11.7 Å². The van der Waals surface area contributed by atoms with Crippen molar-refractivity contribution < 1.29 is 9.18 Å². The van der Waals surface area contributed by atoms with Crippen LogP contribution in [0.2, 0.25) is 0 Å². The number of hydrogen-bond acceptors (Lipinski definition) is 4. The average molecular weight is 396 g/mol. The number of aliphatic imine (C=N–C) groups is 1. The smallest absolute Gasteiger partial charge is 0.264 e. The van der Waals surface area contributed by atoms with Crippen molar-refractivity contribution in [2.45, 2.75) is 26.2 Å². The normalized spacial score (nSPS) is 20.1. The third-order valence-corrected chi connectivity index (χ3v) is 5.88. The van der Waals surface area contributed by atoms with Crippen molar-refractivity contribution in [3.8, 4) is 0 Å². The number of benzene rings is 2. The van der Waals surface area contributed by atoms with Gasteiger partial charge in [0, 0.05) is 18.8 Å². The summed E-state index contributed by atoms with van der Waals surface area (Å²) in [7, 11) is 0. The first-order valence-electron chi connectivity index (χ1n) is 9.49. The van der Waals surface area contributed by atoms with Gasteiger partial charge in [0.25, 0.3) is 5.91 Å². The maximum Gasteiger partial charge on any atom is 0.264 e. The number of nitrogens with zero attached hydrogens (tertiary/aromatic N) is 2. The van der Waals surface area contributed by atoms with Gasteiger partial charge in [-0.2, -0.15) is 0 Å². The molecule has 2 saturated heterocycles. The predicted molar refractivity (Wildman–Crippen MR) is 114 cm³/mol. The van der Waals surface area contributed by atoms with E-state index in [0.29, 0.717) is 15.8 Å². The molecule has 2 heterocycles. The number of amides is 1. The molecule has 1 amide bonds. The summed E-state index contributed by atoms with van der Waals surface area (Å²) < 4.78 is 13.0. The molecule has 0 unspecified atom stereocenters. The molecule has 0 radical (unpaired) electrons. The van der Waals surface area contributed by atoms with E-state index in [2.05, 4.69) is 40.3 Å². The average Bonchev–Trinajstić information content (AvgIpc) is 3.05. The van der Waals surface area contributed by atoms with Crippen molar-refractivity contribution in [1.29, 1.82) is 0 Å². The molecule has 4 rings (SSSR count). The van der Waals surface area contributed by atoms with Gasteiger partial charge in [-0.15, -0.1) is 0 Å². The van der Waals surface area contributed by atoms with Crippen molar-refractivity contribution in [3.05, 3.63) is 64.3 Å². The molecule has 2 aromatic rings. The molecule has 2 fully saturated rings. The molecule has 0 aliphatic carbocycles. The number of anilines is 1. The summed E-state index contributed by atoms with van der Waals surface area (Å²) in [6.45, 7) is 4.30. The first-order chi connectivity index (χ1) is 13.6. The summed E-state index contributed by atoms with van der Waals surface area (Å²) in [4.78, 5) is 19.7. The van der Waals surface area contributed by atoms with E-state index in [1.165, 1.54) is 48.8 Å². The Labute approximate surface area is 168 Å². The topological polar surface area (TPSA) is 44.7 Å². The molecule has 2 aliphatic rings. The molecule has 2 aromatic carbocycles. The summed E-state index contributed by atoms with van der Waals surface area (Å²) in [5.74, 6) is -0.471. The Balaban J connectivity index is 1.52. The molecular weight excluding hydrogens is 373 g/mol. The fraction of sp³-hybridized carbons (Fsp3) is 0.273. The maximum atomic E-state index is 13.0. The first-order valence-corrected chi connectivity index (χ1v) is 10.3. The van der Waals surface area contributed by atoms with Crippen molar-refractivity contribution in [2.24, 2.45) is 4.99 Å². The molecule has 0 bridgehead atoms. The molecule has 0 saturated carbocycles. The fourth-order valence-electron chi connectivity index (χ4n) is 3.43. The standard InChI is InChI=1S/C22H22FN3OS/c1-15-13-19(26-11-3-2-4-12-26)10-5-16(15)14-20-21(27)25-22(28-20)24-18-8-6-17(23)7-9-18/h5-10,13-14H,2-4,11-12H2,1H3,(H,24,25,27)/b20-14+. The van der Waals surface area contributed by atoms with Crippen LogP contribution in [0.3, 0.4) is 0 Å². The van der Waals surface area contributed by atoms with Crippen molar-refractivity contribution in [1.82, 2.24) is 5.32 Å². The van der Waals surface area contributed by atoms with Crippen molar-refractivity contribution in [2.75, 3.05) is 18.0 Å². The number of piperidine rings is 1. The van der Waals surface area contributed by atoms with Crippen LogP contribution in [-0.4, -0.2) is 24.2 Å². The van der Waals surface area contributed by atoms with Crippen LogP contribution in [0.4, 0.5) is 15.8 Å². The van der Waals surface area contributed by atoms with Crippen LogP contribution in [0.5, 0.6) is 0 Å². The van der Waals surface area contributed by atoms with Gasteiger partial charge >= 0.3 is 0 Å². The van der Waals surface area contributed by atoms with Crippen LogP contribution in [0.1, 0.15) is 30.4 Å². The summed E-state index contributed by atoms with van der Waals surface area (Å²) in [6, 6.07) is 12.3. The van der Waals surface area contributed by atoms with Gasteiger partial charge < -0.3 is 10.2 Å². The third-order valence-electron chi connectivity index (χ3n) is 4.97. The summed E-state index contributed by atoms with van der Waals surface area (Å²) in [6.07, 6.45) is 5.71. The molecule has 28 heavy (non-hydrogen) atoms. The second kappa shape index (κ2) is 8.19. The lowest BCUT2D eigenvalue weighted by Crippen LogP contribution is -2.29.